The summed E-state index contributed by atoms with van der Waals surface area (Å²) in [6.45, 7) is 3.38. The van der Waals surface area contributed by atoms with Crippen LogP contribution in [0.2, 0.25) is 0 Å². The van der Waals surface area contributed by atoms with Gasteiger partial charge in [-0.15, -0.1) is 0 Å². The summed E-state index contributed by atoms with van der Waals surface area (Å²) in [7, 11) is 0. The molecule has 0 unspecified atom stereocenters. The molecule has 6 heteroatoms. The van der Waals surface area contributed by atoms with E-state index in [4.69, 9.17) is 4.74 Å². The third-order valence-corrected chi connectivity index (χ3v) is 7.14. The van der Waals surface area contributed by atoms with Gasteiger partial charge >= 0.3 is 5.97 Å². The summed E-state index contributed by atoms with van der Waals surface area (Å²) < 4.78 is 5.46. The van der Waals surface area contributed by atoms with Crippen LogP contribution in [0.1, 0.15) is 63.9 Å². The minimum Gasteiger partial charge on any atom is -0.465 e. The zero-order chi connectivity index (χ0) is 22.6. The number of amides is 2. The molecule has 2 amide bonds. The Morgan fingerprint density at radius 2 is 2.00 bits per heavy atom. The lowest BCUT2D eigenvalue weighted by molar-refractivity contribution is -0.161. The Balaban J connectivity index is 1.34. The van der Waals surface area contributed by atoms with E-state index in [0.29, 0.717) is 32.5 Å². The van der Waals surface area contributed by atoms with Crippen LogP contribution >= 0.6 is 0 Å². The fourth-order valence-electron chi connectivity index (χ4n) is 5.68. The number of nitrogens with zero attached hydrogens (tertiary/aromatic N) is 1. The van der Waals surface area contributed by atoms with E-state index < -0.39 is 11.3 Å². The predicted octanol–water partition coefficient (Wildman–Crippen LogP) is 3.76. The second-order valence-corrected chi connectivity index (χ2v) is 9.25. The molecule has 2 heterocycles. The molecule has 172 valence electrons. The maximum atomic E-state index is 13.2. The third kappa shape index (κ3) is 4.45. The van der Waals surface area contributed by atoms with Crippen LogP contribution in [-0.2, 0) is 25.5 Å². The van der Waals surface area contributed by atoms with Gasteiger partial charge in [0.2, 0.25) is 11.8 Å². The summed E-state index contributed by atoms with van der Waals surface area (Å²) in [5, 5.41) is 2.98. The zero-order valence-electron chi connectivity index (χ0n) is 19.0. The van der Waals surface area contributed by atoms with Crippen LogP contribution < -0.4 is 5.32 Å². The first kappa shape index (κ1) is 22.6. The lowest BCUT2D eigenvalue weighted by atomic mass is 9.71. The largest absolute Gasteiger partial charge is 0.465 e. The van der Waals surface area contributed by atoms with Gasteiger partial charge in [0.25, 0.3) is 0 Å². The molecule has 4 rings (SSSR count). The minimum absolute atomic E-state index is 0.00162. The highest BCUT2D eigenvalue weighted by molar-refractivity contribution is 5.93. The zero-order valence-corrected chi connectivity index (χ0v) is 19.0. The highest BCUT2D eigenvalue weighted by atomic mass is 16.5. The molecule has 1 aromatic rings. The number of hydrogen-bond donors (Lipinski definition) is 1. The monoisotopic (exact) mass is 438 g/mol. The van der Waals surface area contributed by atoms with Crippen LogP contribution in [0.5, 0.6) is 0 Å². The number of benzene rings is 1. The number of piperidine rings is 1. The molecular weight excluding hydrogens is 404 g/mol. The molecule has 0 spiro atoms. The molecule has 32 heavy (non-hydrogen) atoms. The van der Waals surface area contributed by atoms with Crippen LogP contribution in [0, 0.1) is 11.3 Å². The number of unbranched alkanes of at least 4 members (excludes halogenated alkanes) is 1. The van der Waals surface area contributed by atoms with E-state index in [-0.39, 0.29) is 24.2 Å². The van der Waals surface area contributed by atoms with E-state index in [1.54, 1.807) is 0 Å². The molecule has 1 aliphatic carbocycles. The standard InChI is InChI=1S/C26H34N2O4/c1-2-32-25(31)26-14-13-20-12-8-16-28(23(20)26)24(30)21(18-26)17-22(29)27-15-7-6-11-19-9-4-3-5-10-19/h3-5,9-10,21H,2,6-8,11-18H2,1H3,(H,27,29)/t21-,26-/m1/s1. The van der Waals surface area contributed by atoms with Crippen molar-refractivity contribution in [2.24, 2.45) is 11.3 Å². The molecule has 1 aromatic carbocycles. The van der Waals surface area contributed by atoms with Gasteiger partial charge in [-0.1, -0.05) is 30.3 Å². The maximum Gasteiger partial charge on any atom is 0.318 e. The Bertz CT molecular complexity index is 894. The number of ether oxygens (including phenoxy) is 1. The van der Waals surface area contributed by atoms with Crippen molar-refractivity contribution in [3.8, 4) is 0 Å². The first-order valence-electron chi connectivity index (χ1n) is 12.1. The lowest BCUT2D eigenvalue weighted by Crippen LogP contribution is -2.53. The molecule has 0 aromatic heterocycles. The van der Waals surface area contributed by atoms with E-state index in [9.17, 15) is 14.4 Å². The minimum atomic E-state index is -0.750. The number of carbonyl (C=O) groups excluding carboxylic acids is 3. The topological polar surface area (TPSA) is 75.7 Å². The summed E-state index contributed by atoms with van der Waals surface area (Å²) in [6.07, 6.45) is 6.83. The third-order valence-electron chi connectivity index (χ3n) is 7.14. The molecule has 2 atom stereocenters. The SMILES string of the molecule is CCOC(=O)[C@@]12CCC3=C1N(CCC3)C(=O)[C@H](CC(=O)NCCCCc1ccccc1)C2. The molecule has 1 fully saturated rings. The number of allylic oxidation sites excluding steroid dienone is 1. The van der Waals surface area contributed by atoms with Gasteiger partial charge in [-0.05, 0) is 69.4 Å². The first-order valence-corrected chi connectivity index (χ1v) is 12.1. The summed E-state index contributed by atoms with van der Waals surface area (Å²) in [4.78, 5) is 40.7. The smallest absolute Gasteiger partial charge is 0.318 e. The number of nitrogens with one attached hydrogen (secondary N) is 1. The fourth-order valence-corrected chi connectivity index (χ4v) is 5.68. The molecular formula is C26H34N2O4. The van der Waals surface area contributed by atoms with Crippen LogP contribution in [0.15, 0.2) is 41.6 Å². The molecule has 1 N–H and O–H groups in total. The number of aryl methyl sites for hydroxylation is 1. The predicted molar refractivity (Wildman–Crippen MR) is 121 cm³/mol. The second kappa shape index (κ2) is 9.88. The molecule has 6 nitrogen and oxygen atoms in total. The molecule has 2 aliphatic heterocycles. The van der Waals surface area contributed by atoms with Crippen molar-refractivity contribution in [3.63, 3.8) is 0 Å². The average molecular weight is 439 g/mol. The van der Waals surface area contributed by atoms with Crippen LogP contribution in [0.25, 0.3) is 0 Å². The number of esters is 1. The van der Waals surface area contributed by atoms with Crippen LogP contribution in [-0.4, -0.2) is 42.4 Å². The van der Waals surface area contributed by atoms with Crippen molar-refractivity contribution in [2.45, 2.75) is 64.7 Å². The summed E-state index contributed by atoms with van der Waals surface area (Å²) in [5.41, 5.74) is 2.70. The summed E-state index contributed by atoms with van der Waals surface area (Å²) >= 11 is 0. The Morgan fingerprint density at radius 1 is 1.19 bits per heavy atom. The van der Waals surface area contributed by atoms with Crippen molar-refractivity contribution in [2.75, 3.05) is 19.7 Å². The van der Waals surface area contributed by atoms with Crippen molar-refractivity contribution in [1.82, 2.24) is 10.2 Å². The van der Waals surface area contributed by atoms with Crippen LogP contribution in [0.4, 0.5) is 0 Å². The Morgan fingerprint density at radius 3 is 2.78 bits per heavy atom. The van der Waals surface area contributed by atoms with Gasteiger partial charge in [0.05, 0.1) is 6.61 Å². The number of carbonyl (C=O) groups is 3. The Kier molecular flexibility index (Phi) is 6.97. The van der Waals surface area contributed by atoms with E-state index in [2.05, 4.69) is 17.4 Å². The van der Waals surface area contributed by atoms with E-state index >= 15 is 0 Å². The van der Waals surface area contributed by atoms with Gasteiger partial charge in [0.15, 0.2) is 0 Å². The van der Waals surface area contributed by atoms with Gasteiger partial charge in [-0.25, -0.2) is 0 Å². The number of hydrogen-bond acceptors (Lipinski definition) is 4. The Hall–Kier alpha value is -2.63. The molecule has 1 saturated heterocycles. The maximum absolute atomic E-state index is 13.2. The molecule has 3 aliphatic rings. The first-order chi connectivity index (χ1) is 15.5. The van der Waals surface area contributed by atoms with Gasteiger partial charge in [-0.3, -0.25) is 14.4 Å². The van der Waals surface area contributed by atoms with E-state index in [1.165, 1.54) is 11.1 Å². The summed E-state index contributed by atoms with van der Waals surface area (Å²) in [5.74, 6) is -0.802. The van der Waals surface area contributed by atoms with Crippen molar-refractivity contribution < 1.29 is 19.1 Å². The quantitative estimate of drug-likeness (QED) is 0.471. The van der Waals surface area contributed by atoms with Crippen molar-refractivity contribution >= 4 is 17.8 Å². The van der Waals surface area contributed by atoms with Gasteiger partial charge in [0.1, 0.15) is 5.41 Å². The molecule has 0 bridgehead atoms. The molecule has 0 saturated carbocycles. The second-order valence-electron chi connectivity index (χ2n) is 9.25. The summed E-state index contributed by atoms with van der Waals surface area (Å²) in [6, 6.07) is 10.3. The van der Waals surface area contributed by atoms with E-state index in [1.807, 2.05) is 30.0 Å². The lowest BCUT2D eigenvalue weighted by Gasteiger charge is -2.45. The molecule has 0 radical (unpaired) electrons. The van der Waals surface area contributed by atoms with Gasteiger partial charge < -0.3 is 15.0 Å². The van der Waals surface area contributed by atoms with Gasteiger partial charge in [-0.2, -0.15) is 0 Å². The highest BCUT2D eigenvalue weighted by Crippen LogP contribution is 2.55. The van der Waals surface area contributed by atoms with Crippen molar-refractivity contribution in [1.29, 1.82) is 0 Å². The van der Waals surface area contributed by atoms with Gasteiger partial charge in [0, 0.05) is 31.1 Å². The highest BCUT2D eigenvalue weighted by Gasteiger charge is 2.57. The normalized spacial score (nSPS) is 24.3. The Labute approximate surface area is 190 Å². The van der Waals surface area contributed by atoms with E-state index in [0.717, 1.165) is 44.2 Å². The van der Waals surface area contributed by atoms with Crippen LogP contribution in [0.3, 0.4) is 0 Å². The average Bonchev–Trinajstić information content (AvgIpc) is 3.18. The fraction of sp³-hybridized carbons (Fsp3) is 0.577. The number of rotatable bonds is 9. The van der Waals surface area contributed by atoms with Crippen molar-refractivity contribution in [3.05, 3.63) is 47.2 Å².